The van der Waals surface area contributed by atoms with E-state index in [9.17, 15) is 4.79 Å². The van der Waals surface area contributed by atoms with Gasteiger partial charge in [0.2, 0.25) is 0 Å². The third-order valence-corrected chi connectivity index (χ3v) is 3.69. The maximum absolute atomic E-state index is 11.5. The summed E-state index contributed by atoms with van der Waals surface area (Å²) in [6.45, 7) is 4.39. The predicted octanol–water partition coefficient (Wildman–Crippen LogP) is 1.46. The van der Waals surface area contributed by atoms with Gasteiger partial charge < -0.3 is 5.32 Å². The maximum atomic E-state index is 11.5. The highest BCUT2D eigenvalue weighted by atomic mass is 32.1. The Hall–Kier alpha value is -1.82. The van der Waals surface area contributed by atoms with Crippen molar-refractivity contribution in [3.63, 3.8) is 0 Å². The minimum absolute atomic E-state index is 0.123. The van der Waals surface area contributed by atoms with Crippen LogP contribution in [0.2, 0.25) is 0 Å². The van der Waals surface area contributed by atoms with E-state index in [1.807, 2.05) is 13.8 Å². The van der Waals surface area contributed by atoms with Gasteiger partial charge in [-0.1, -0.05) is 0 Å². The van der Waals surface area contributed by atoms with Crippen molar-refractivity contribution in [1.29, 1.82) is 0 Å². The summed E-state index contributed by atoms with van der Waals surface area (Å²) in [7, 11) is 0. The number of amides is 1. The molecule has 1 amide bonds. The van der Waals surface area contributed by atoms with Crippen molar-refractivity contribution in [2.24, 2.45) is 0 Å². The number of thiazole rings is 1. The molecule has 0 spiro atoms. The van der Waals surface area contributed by atoms with Gasteiger partial charge in [-0.2, -0.15) is 0 Å². The first kappa shape index (κ1) is 10.3. The van der Waals surface area contributed by atoms with Crippen LogP contribution in [-0.4, -0.2) is 20.9 Å². The van der Waals surface area contributed by atoms with Crippen LogP contribution in [0.3, 0.4) is 0 Å². The number of nitrogens with zero attached hydrogens (tertiary/aromatic N) is 3. The van der Waals surface area contributed by atoms with Crippen LogP contribution in [-0.2, 0) is 6.54 Å². The Labute approximate surface area is 102 Å². The average molecular weight is 246 g/mol. The van der Waals surface area contributed by atoms with E-state index in [2.05, 4.69) is 20.3 Å². The van der Waals surface area contributed by atoms with Gasteiger partial charge in [0.1, 0.15) is 5.69 Å². The zero-order chi connectivity index (χ0) is 12.0. The monoisotopic (exact) mass is 246 g/mol. The van der Waals surface area contributed by atoms with Gasteiger partial charge in [-0.25, -0.2) is 15.0 Å². The van der Waals surface area contributed by atoms with Crippen LogP contribution in [0.1, 0.15) is 26.8 Å². The van der Waals surface area contributed by atoms with Crippen molar-refractivity contribution >= 4 is 17.2 Å². The van der Waals surface area contributed by atoms with Crippen LogP contribution >= 0.6 is 11.3 Å². The molecule has 3 rings (SSSR count). The summed E-state index contributed by atoms with van der Waals surface area (Å²) >= 11 is 1.55. The van der Waals surface area contributed by atoms with Gasteiger partial charge >= 0.3 is 0 Å². The molecular formula is C11H10N4OS. The summed E-state index contributed by atoms with van der Waals surface area (Å²) in [5, 5.41) is 3.71. The molecule has 5 nitrogen and oxygen atoms in total. The second kappa shape index (κ2) is 3.59. The molecule has 0 fully saturated rings. The number of rotatable bonds is 1. The molecule has 86 valence electrons. The van der Waals surface area contributed by atoms with Gasteiger partial charge in [0, 0.05) is 18.3 Å². The van der Waals surface area contributed by atoms with E-state index in [0.29, 0.717) is 18.1 Å². The van der Waals surface area contributed by atoms with Gasteiger partial charge in [0.05, 0.1) is 15.6 Å². The lowest BCUT2D eigenvalue weighted by Gasteiger charge is -1.99. The molecule has 1 aliphatic rings. The van der Waals surface area contributed by atoms with E-state index in [1.165, 1.54) is 0 Å². The fraction of sp³-hybridized carbons (Fsp3) is 0.273. The normalized spacial score (nSPS) is 13.6. The molecule has 0 atom stereocenters. The molecule has 17 heavy (non-hydrogen) atoms. The minimum atomic E-state index is -0.123. The molecule has 3 heterocycles. The number of hydrogen-bond donors (Lipinski definition) is 1. The molecular weight excluding hydrogens is 236 g/mol. The second-order valence-electron chi connectivity index (χ2n) is 3.90. The number of aryl methyl sites for hydroxylation is 2. The van der Waals surface area contributed by atoms with Crippen molar-refractivity contribution in [2.45, 2.75) is 20.4 Å². The van der Waals surface area contributed by atoms with Gasteiger partial charge in [-0.05, 0) is 13.8 Å². The number of hydrogen-bond acceptors (Lipinski definition) is 5. The highest BCUT2D eigenvalue weighted by Crippen LogP contribution is 2.27. The third kappa shape index (κ3) is 1.61. The summed E-state index contributed by atoms with van der Waals surface area (Å²) in [4.78, 5) is 25.4. The van der Waals surface area contributed by atoms with Crippen LogP contribution in [0.4, 0.5) is 0 Å². The molecule has 1 N–H and O–H groups in total. The maximum Gasteiger partial charge on any atom is 0.270 e. The van der Waals surface area contributed by atoms with Gasteiger partial charge in [0.25, 0.3) is 5.91 Å². The number of aromatic nitrogens is 3. The molecule has 0 unspecified atom stereocenters. The Bertz CT molecular complexity index is 620. The smallest absolute Gasteiger partial charge is 0.270 e. The first-order valence-corrected chi connectivity index (χ1v) is 6.05. The zero-order valence-electron chi connectivity index (χ0n) is 9.44. The van der Waals surface area contributed by atoms with Crippen molar-refractivity contribution in [1.82, 2.24) is 20.3 Å². The van der Waals surface area contributed by atoms with E-state index in [0.717, 1.165) is 21.1 Å². The average Bonchev–Trinajstić information content (AvgIpc) is 2.83. The van der Waals surface area contributed by atoms with Gasteiger partial charge in [-0.15, -0.1) is 11.3 Å². The molecule has 2 aromatic rings. The van der Waals surface area contributed by atoms with E-state index < -0.39 is 0 Å². The molecule has 0 bridgehead atoms. The fourth-order valence-electron chi connectivity index (χ4n) is 1.84. The Morgan fingerprint density at radius 3 is 2.88 bits per heavy atom. The van der Waals surface area contributed by atoms with E-state index in [4.69, 9.17) is 0 Å². The largest absolute Gasteiger partial charge is 0.346 e. The van der Waals surface area contributed by atoms with Gasteiger partial charge in [0.15, 0.2) is 5.82 Å². The van der Waals surface area contributed by atoms with Crippen LogP contribution in [0.15, 0.2) is 6.20 Å². The topological polar surface area (TPSA) is 67.8 Å². The van der Waals surface area contributed by atoms with Crippen LogP contribution in [0.5, 0.6) is 0 Å². The summed E-state index contributed by atoms with van der Waals surface area (Å²) in [5.41, 5.74) is 2.25. The molecule has 0 radical (unpaired) electrons. The van der Waals surface area contributed by atoms with E-state index >= 15 is 0 Å². The van der Waals surface area contributed by atoms with Crippen LogP contribution in [0.25, 0.3) is 10.7 Å². The SMILES string of the molecule is Cc1nc(C)c(-c2ncc3c(n2)C(=O)NC3)s1. The molecule has 6 heteroatoms. The van der Waals surface area contributed by atoms with Crippen molar-refractivity contribution in [3.05, 3.63) is 28.2 Å². The summed E-state index contributed by atoms with van der Waals surface area (Å²) in [5.74, 6) is 0.464. The quantitative estimate of drug-likeness (QED) is 0.827. The van der Waals surface area contributed by atoms with Crippen molar-refractivity contribution in [3.8, 4) is 10.7 Å². The Balaban J connectivity index is 2.14. The fourth-order valence-corrected chi connectivity index (χ4v) is 2.70. The molecule has 0 aromatic carbocycles. The third-order valence-electron chi connectivity index (χ3n) is 2.63. The van der Waals surface area contributed by atoms with Crippen LogP contribution in [0, 0.1) is 13.8 Å². The highest BCUT2D eigenvalue weighted by molar-refractivity contribution is 7.15. The van der Waals surface area contributed by atoms with Crippen LogP contribution < -0.4 is 5.32 Å². The van der Waals surface area contributed by atoms with Crippen molar-refractivity contribution < 1.29 is 4.79 Å². The Morgan fingerprint density at radius 1 is 1.35 bits per heavy atom. The molecule has 0 saturated carbocycles. The molecule has 2 aromatic heterocycles. The summed E-state index contributed by atoms with van der Waals surface area (Å²) in [6, 6.07) is 0. The number of carbonyl (C=O) groups is 1. The van der Waals surface area contributed by atoms with Gasteiger partial charge in [-0.3, -0.25) is 4.79 Å². The lowest BCUT2D eigenvalue weighted by Crippen LogP contribution is -2.13. The first-order valence-electron chi connectivity index (χ1n) is 5.23. The number of nitrogens with one attached hydrogen (secondary N) is 1. The number of fused-ring (bicyclic) bond motifs is 1. The Kier molecular flexibility index (Phi) is 2.19. The minimum Gasteiger partial charge on any atom is -0.346 e. The van der Waals surface area contributed by atoms with Crippen molar-refractivity contribution in [2.75, 3.05) is 0 Å². The predicted molar refractivity (Wildman–Crippen MR) is 63.8 cm³/mol. The summed E-state index contributed by atoms with van der Waals surface area (Å²) in [6.07, 6.45) is 1.71. The standard InChI is InChI=1S/C11H10N4OS/c1-5-9(17-6(2)14-5)10-12-3-7-4-13-11(16)8(7)15-10/h3H,4H2,1-2H3,(H,13,16). The highest BCUT2D eigenvalue weighted by Gasteiger charge is 2.22. The molecule has 0 aliphatic carbocycles. The summed E-state index contributed by atoms with van der Waals surface area (Å²) < 4.78 is 0. The lowest BCUT2D eigenvalue weighted by molar-refractivity contribution is 0.0961. The Morgan fingerprint density at radius 2 is 2.18 bits per heavy atom. The first-order chi connectivity index (χ1) is 8.15. The molecule has 0 saturated heterocycles. The van der Waals surface area contributed by atoms with E-state index in [1.54, 1.807) is 17.5 Å². The lowest BCUT2D eigenvalue weighted by atomic mass is 10.2. The van der Waals surface area contributed by atoms with E-state index in [-0.39, 0.29) is 5.91 Å². The second-order valence-corrected chi connectivity index (χ2v) is 5.10. The zero-order valence-corrected chi connectivity index (χ0v) is 10.3. The molecule has 1 aliphatic heterocycles. The number of carbonyl (C=O) groups excluding carboxylic acids is 1.